The van der Waals surface area contributed by atoms with Gasteiger partial charge in [-0.05, 0) is 50.0 Å². The maximum atomic E-state index is 12.9. The van der Waals surface area contributed by atoms with Crippen molar-refractivity contribution in [2.24, 2.45) is 0 Å². The molecule has 2 N–H and O–H groups in total. The highest BCUT2D eigenvalue weighted by atomic mass is 19.4. The van der Waals surface area contributed by atoms with Gasteiger partial charge in [-0.15, -0.1) is 0 Å². The molecule has 8 heteroatoms. The van der Waals surface area contributed by atoms with E-state index < -0.39 is 11.7 Å². The summed E-state index contributed by atoms with van der Waals surface area (Å²) in [6.07, 6.45) is -2.93. The highest BCUT2D eigenvalue weighted by molar-refractivity contribution is 5.92. The number of likely N-dealkylation sites (N-methyl/N-ethyl adjacent to an activating group) is 1. The summed E-state index contributed by atoms with van der Waals surface area (Å²) in [7, 11) is 3.63. The third-order valence-electron chi connectivity index (χ3n) is 4.22. The van der Waals surface area contributed by atoms with Crippen molar-refractivity contribution in [3.05, 3.63) is 65.9 Å². The molecule has 0 spiro atoms. The largest absolute Gasteiger partial charge is 0.416 e. The van der Waals surface area contributed by atoms with E-state index >= 15 is 0 Å². The van der Waals surface area contributed by atoms with Crippen LogP contribution < -0.4 is 10.6 Å². The Labute approximate surface area is 166 Å². The Morgan fingerprint density at radius 1 is 1.10 bits per heavy atom. The number of hydrogen-bond acceptors (Lipinski definition) is 4. The second-order valence-corrected chi connectivity index (χ2v) is 6.93. The molecule has 0 radical (unpaired) electrons. The van der Waals surface area contributed by atoms with Gasteiger partial charge in [0, 0.05) is 29.5 Å². The smallest absolute Gasteiger partial charge is 0.380 e. The van der Waals surface area contributed by atoms with Gasteiger partial charge in [0.05, 0.1) is 17.6 Å². The van der Waals surface area contributed by atoms with Gasteiger partial charge in [0.1, 0.15) is 0 Å². The van der Waals surface area contributed by atoms with E-state index in [1.54, 1.807) is 17.0 Å². The quantitative estimate of drug-likeness (QED) is 0.643. The van der Waals surface area contributed by atoms with Crippen molar-refractivity contribution in [3.63, 3.8) is 0 Å². The highest BCUT2D eigenvalue weighted by Gasteiger charge is 2.30. The minimum absolute atomic E-state index is 0.110. The first kappa shape index (κ1) is 20.6. The fraction of sp³-hybridized carbons (Fsp3) is 0.238. The van der Waals surface area contributed by atoms with Crippen LogP contribution >= 0.6 is 0 Å². The van der Waals surface area contributed by atoms with Gasteiger partial charge < -0.3 is 15.5 Å². The van der Waals surface area contributed by atoms with E-state index in [9.17, 15) is 18.0 Å². The number of pyridine rings is 1. The summed E-state index contributed by atoms with van der Waals surface area (Å²) in [4.78, 5) is 17.7. The second-order valence-electron chi connectivity index (χ2n) is 6.93. The molecule has 152 valence electrons. The van der Waals surface area contributed by atoms with Crippen LogP contribution in [0.3, 0.4) is 0 Å². The van der Waals surface area contributed by atoms with Crippen LogP contribution in [0.25, 0.3) is 10.9 Å². The fourth-order valence-corrected chi connectivity index (χ4v) is 2.92. The van der Waals surface area contributed by atoms with Crippen molar-refractivity contribution in [2.45, 2.75) is 12.7 Å². The summed E-state index contributed by atoms with van der Waals surface area (Å²) in [6.45, 7) is 0.725. The average molecular weight is 402 g/mol. The van der Waals surface area contributed by atoms with Crippen LogP contribution in [0.15, 0.2) is 54.7 Å². The molecule has 0 atom stereocenters. The first-order chi connectivity index (χ1) is 13.7. The van der Waals surface area contributed by atoms with Crippen LogP contribution in [0, 0.1) is 0 Å². The molecule has 0 aliphatic carbocycles. The number of carbonyl (C=O) groups excluding carboxylic acids is 1. The van der Waals surface area contributed by atoms with Crippen LogP contribution in [0.2, 0.25) is 0 Å². The van der Waals surface area contributed by atoms with Crippen molar-refractivity contribution in [1.29, 1.82) is 0 Å². The number of rotatable bonds is 6. The molecule has 1 aromatic heterocycles. The topological polar surface area (TPSA) is 57.3 Å². The average Bonchev–Trinajstić information content (AvgIpc) is 2.64. The number of anilines is 2. The molecule has 2 aromatic carbocycles. The molecule has 3 rings (SSSR count). The number of halogens is 3. The summed E-state index contributed by atoms with van der Waals surface area (Å²) >= 11 is 0. The SMILES string of the molecule is CN(C)CC(=O)Nc1cccc(CNc2ccnc3cc(C(F)(F)F)ccc23)c1. The lowest BCUT2D eigenvalue weighted by Gasteiger charge is -2.13. The number of nitrogens with zero attached hydrogens (tertiary/aromatic N) is 2. The standard InChI is InChI=1S/C21H21F3N4O/c1-28(2)13-20(29)27-16-5-3-4-14(10-16)12-26-18-8-9-25-19-11-15(21(22,23)24)6-7-17(18)19/h3-11H,12-13H2,1-2H3,(H,25,26)(H,27,29). The predicted molar refractivity (Wildman–Crippen MR) is 108 cm³/mol. The van der Waals surface area contributed by atoms with Gasteiger partial charge in [0.15, 0.2) is 0 Å². The molecule has 0 aliphatic rings. The van der Waals surface area contributed by atoms with Crippen molar-refractivity contribution >= 4 is 28.2 Å². The van der Waals surface area contributed by atoms with Crippen molar-refractivity contribution < 1.29 is 18.0 Å². The first-order valence-corrected chi connectivity index (χ1v) is 8.96. The predicted octanol–water partition coefficient (Wildman–Crippen LogP) is 4.37. The van der Waals surface area contributed by atoms with Gasteiger partial charge in [-0.25, -0.2) is 0 Å². The van der Waals surface area contributed by atoms with Crippen molar-refractivity contribution in [2.75, 3.05) is 31.3 Å². The van der Waals surface area contributed by atoms with E-state index in [1.165, 1.54) is 12.3 Å². The number of amides is 1. The van der Waals surface area contributed by atoms with Crippen molar-refractivity contribution in [3.8, 4) is 0 Å². The normalized spacial score (nSPS) is 11.7. The number of aromatic nitrogens is 1. The molecule has 1 heterocycles. The van der Waals surface area contributed by atoms with Crippen LogP contribution in [0.5, 0.6) is 0 Å². The molecule has 0 bridgehead atoms. The molecule has 0 aliphatic heterocycles. The molecule has 29 heavy (non-hydrogen) atoms. The molecule has 1 amide bonds. The number of carbonyl (C=O) groups is 1. The van der Waals surface area contributed by atoms with Crippen LogP contribution in [0.1, 0.15) is 11.1 Å². The number of alkyl halides is 3. The van der Waals surface area contributed by atoms with Gasteiger partial charge in [-0.1, -0.05) is 18.2 Å². The van der Waals surface area contributed by atoms with Crippen LogP contribution in [-0.2, 0) is 17.5 Å². The Balaban J connectivity index is 1.74. The molecule has 3 aromatic rings. The van der Waals surface area contributed by atoms with Gasteiger partial charge in [-0.2, -0.15) is 13.2 Å². The lowest BCUT2D eigenvalue weighted by Crippen LogP contribution is -2.27. The lowest BCUT2D eigenvalue weighted by atomic mass is 10.1. The van der Waals surface area contributed by atoms with Gasteiger partial charge >= 0.3 is 6.18 Å². The van der Waals surface area contributed by atoms with E-state index in [1.807, 2.05) is 32.3 Å². The number of fused-ring (bicyclic) bond motifs is 1. The summed E-state index contributed by atoms with van der Waals surface area (Å²) in [6, 6.07) is 12.6. The monoisotopic (exact) mass is 402 g/mol. The van der Waals surface area contributed by atoms with Crippen LogP contribution in [0.4, 0.5) is 24.5 Å². The van der Waals surface area contributed by atoms with Crippen molar-refractivity contribution in [1.82, 2.24) is 9.88 Å². The van der Waals surface area contributed by atoms with E-state index in [-0.39, 0.29) is 18.0 Å². The summed E-state index contributed by atoms with van der Waals surface area (Å²) in [5.74, 6) is -0.110. The van der Waals surface area contributed by atoms with Gasteiger partial charge in [0.2, 0.25) is 5.91 Å². The number of hydrogen-bond donors (Lipinski definition) is 2. The summed E-state index contributed by atoms with van der Waals surface area (Å²) < 4.78 is 38.7. The molecule has 0 unspecified atom stereocenters. The zero-order valence-electron chi connectivity index (χ0n) is 16.0. The zero-order chi connectivity index (χ0) is 21.0. The Kier molecular flexibility index (Phi) is 6.03. The maximum Gasteiger partial charge on any atom is 0.416 e. The number of nitrogens with one attached hydrogen (secondary N) is 2. The third-order valence-corrected chi connectivity index (χ3v) is 4.22. The fourth-order valence-electron chi connectivity index (χ4n) is 2.92. The van der Waals surface area contributed by atoms with E-state index in [0.29, 0.717) is 23.3 Å². The summed E-state index contributed by atoms with van der Waals surface area (Å²) in [5.41, 5.74) is 1.84. The van der Waals surface area contributed by atoms with E-state index in [0.717, 1.165) is 17.7 Å². The van der Waals surface area contributed by atoms with Gasteiger partial charge in [-0.3, -0.25) is 9.78 Å². The third kappa shape index (κ3) is 5.45. The molecule has 5 nitrogen and oxygen atoms in total. The molecular weight excluding hydrogens is 381 g/mol. The Bertz CT molecular complexity index is 1020. The Hall–Kier alpha value is -3.13. The van der Waals surface area contributed by atoms with Crippen LogP contribution in [-0.4, -0.2) is 36.4 Å². The first-order valence-electron chi connectivity index (χ1n) is 8.96. The number of benzene rings is 2. The maximum absolute atomic E-state index is 12.9. The highest BCUT2D eigenvalue weighted by Crippen LogP contribution is 2.32. The summed E-state index contributed by atoms with van der Waals surface area (Å²) in [5, 5.41) is 6.68. The van der Waals surface area contributed by atoms with E-state index in [2.05, 4.69) is 15.6 Å². The minimum Gasteiger partial charge on any atom is -0.380 e. The molecule has 0 saturated carbocycles. The zero-order valence-corrected chi connectivity index (χ0v) is 16.0. The molecule has 0 saturated heterocycles. The minimum atomic E-state index is -4.41. The van der Waals surface area contributed by atoms with Gasteiger partial charge in [0.25, 0.3) is 0 Å². The molecule has 0 fully saturated rings. The lowest BCUT2D eigenvalue weighted by molar-refractivity contribution is -0.137. The van der Waals surface area contributed by atoms with E-state index in [4.69, 9.17) is 0 Å². The Morgan fingerprint density at radius 2 is 1.90 bits per heavy atom. The molecular formula is C21H21F3N4O. The Morgan fingerprint density at radius 3 is 2.62 bits per heavy atom. The second kappa shape index (κ2) is 8.48.